The Hall–Kier alpha value is -0.0800. The van der Waals surface area contributed by atoms with Crippen molar-refractivity contribution in [1.82, 2.24) is 5.32 Å². The molecule has 0 fully saturated rings. The van der Waals surface area contributed by atoms with Gasteiger partial charge in [-0.2, -0.15) is 0 Å². The topological polar surface area (TPSA) is 32.3 Å². The minimum atomic E-state index is -0.532. The number of rotatable bonds is 8. The van der Waals surface area contributed by atoms with E-state index in [9.17, 15) is 5.11 Å². The van der Waals surface area contributed by atoms with Crippen molar-refractivity contribution in [3.8, 4) is 0 Å². The van der Waals surface area contributed by atoms with E-state index < -0.39 is 5.60 Å². The number of hydrogen-bond acceptors (Lipinski definition) is 2. The molecule has 0 saturated carbocycles. The van der Waals surface area contributed by atoms with Crippen LogP contribution in [0.15, 0.2) is 0 Å². The number of nitrogens with one attached hydrogen (secondary N) is 1. The highest BCUT2D eigenvalue weighted by Crippen LogP contribution is 2.11. The molecule has 86 valence electrons. The van der Waals surface area contributed by atoms with Gasteiger partial charge in [-0.1, -0.05) is 33.6 Å². The van der Waals surface area contributed by atoms with Crippen molar-refractivity contribution < 1.29 is 5.11 Å². The molecule has 0 aromatic rings. The summed E-state index contributed by atoms with van der Waals surface area (Å²) in [6.45, 7) is 9.15. The Kier molecular flexibility index (Phi) is 7.20. The summed E-state index contributed by atoms with van der Waals surface area (Å²) in [4.78, 5) is 0. The maximum absolute atomic E-state index is 9.96. The third-order valence-corrected chi connectivity index (χ3v) is 2.69. The smallest absolute Gasteiger partial charge is 0.0743 e. The molecule has 0 aromatic heterocycles. The van der Waals surface area contributed by atoms with E-state index in [-0.39, 0.29) is 0 Å². The lowest BCUT2D eigenvalue weighted by molar-refractivity contribution is 0.0467. The summed E-state index contributed by atoms with van der Waals surface area (Å²) < 4.78 is 0. The van der Waals surface area contributed by atoms with E-state index in [0.717, 1.165) is 25.8 Å². The second kappa shape index (κ2) is 7.24. The molecule has 2 heteroatoms. The van der Waals surface area contributed by atoms with Crippen molar-refractivity contribution in [2.75, 3.05) is 6.54 Å². The van der Waals surface area contributed by atoms with Gasteiger partial charge in [0.2, 0.25) is 0 Å². The lowest BCUT2D eigenvalue weighted by Gasteiger charge is -2.26. The maximum atomic E-state index is 9.96. The fraction of sp³-hybridized carbons (Fsp3) is 1.00. The molecule has 0 radical (unpaired) electrons. The third-order valence-electron chi connectivity index (χ3n) is 2.69. The van der Waals surface area contributed by atoms with Gasteiger partial charge in [-0.25, -0.2) is 0 Å². The van der Waals surface area contributed by atoms with Crippen molar-refractivity contribution in [3.63, 3.8) is 0 Å². The van der Waals surface area contributed by atoms with E-state index in [1.165, 1.54) is 12.8 Å². The Bertz CT molecular complexity index is 134. The zero-order valence-corrected chi connectivity index (χ0v) is 10.3. The van der Waals surface area contributed by atoms with E-state index in [0.29, 0.717) is 6.04 Å². The van der Waals surface area contributed by atoms with Crippen molar-refractivity contribution in [1.29, 1.82) is 0 Å². The number of hydrogen-bond donors (Lipinski definition) is 2. The van der Waals surface area contributed by atoms with Gasteiger partial charge >= 0.3 is 0 Å². The van der Waals surface area contributed by atoms with Gasteiger partial charge in [-0.05, 0) is 26.2 Å². The lowest BCUT2D eigenvalue weighted by Crippen LogP contribution is -2.42. The summed E-state index contributed by atoms with van der Waals surface area (Å²) >= 11 is 0. The first-order chi connectivity index (χ1) is 6.55. The first kappa shape index (κ1) is 13.9. The standard InChI is InChI=1S/C12H27NO/c1-5-8-11(7-3)13-10-12(4,14)9-6-2/h11,13-14H,5-10H2,1-4H3. The van der Waals surface area contributed by atoms with Gasteiger partial charge in [0.25, 0.3) is 0 Å². The molecule has 14 heavy (non-hydrogen) atoms. The van der Waals surface area contributed by atoms with Gasteiger partial charge in [0, 0.05) is 12.6 Å². The Morgan fingerprint density at radius 3 is 2.29 bits per heavy atom. The molecule has 0 rings (SSSR count). The predicted molar refractivity (Wildman–Crippen MR) is 62.5 cm³/mol. The van der Waals surface area contributed by atoms with Crippen LogP contribution in [0.25, 0.3) is 0 Å². The molecule has 0 amide bonds. The summed E-state index contributed by atoms with van der Waals surface area (Å²) in [6, 6.07) is 0.573. The largest absolute Gasteiger partial charge is 0.389 e. The first-order valence-corrected chi connectivity index (χ1v) is 6.01. The van der Waals surface area contributed by atoms with Crippen LogP contribution < -0.4 is 5.32 Å². The minimum absolute atomic E-state index is 0.532. The quantitative estimate of drug-likeness (QED) is 0.633. The molecule has 0 aromatic carbocycles. The van der Waals surface area contributed by atoms with Crippen LogP contribution in [0.5, 0.6) is 0 Å². The van der Waals surface area contributed by atoms with Crippen LogP contribution in [0.4, 0.5) is 0 Å². The third kappa shape index (κ3) is 6.39. The van der Waals surface area contributed by atoms with Crippen molar-refractivity contribution in [2.45, 2.75) is 71.4 Å². The highest BCUT2D eigenvalue weighted by atomic mass is 16.3. The monoisotopic (exact) mass is 201 g/mol. The number of aliphatic hydroxyl groups is 1. The summed E-state index contributed by atoms with van der Waals surface area (Å²) in [7, 11) is 0. The molecule has 0 heterocycles. The van der Waals surface area contributed by atoms with E-state index >= 15 is 0 Å². The minimum Gasteiger partial charge on any atom is -0.389 e. The molecule has 0 saturated heterocycles. The molecule has 0 spiro atoms. The maximum Gasteiger partial charge on any atom is 0.0743 e. The van der Waals surface area contributed by atoms with Crippen molar-refractivity contribution in [3.05, 3.63) is 0 Å². The highest BCUT2D eigenvalue weighted by Gasteiger charge is 2.19. The van der Waals surface area contributed by atoms with Crippen molar-refractivity contribution >= 4 is 0 Å². The Morgan fingerprint density at radius 2 is 1.86 bits per heavy atom. The van der Waals surface area contributed by atoms with Crippen molar-refractivity contribution in [2.24, 2.45) is 0 Å². The Labute approximate surface area is 89.1 Å². The second-order valence-electron chi connectivity index (χ2n) is 4.52. The molecule has 2 nitrogen and oxygen atoms in total. The van der Waals surface area contributed by atoms with E-state index in [1.54, 1.807) is 0 Å². The normalized spacial score (nSPS) is 17.8. The van der Waals surface area contributed by atoms with Gasteiger partial charge < -0.3 is 10.4 Å². The first-order valence-electron chi connectivity index (χ1n) is 6.01. The molecular weight excluding hydrogens is 174 g/mol. The van der Waals surface area contributed by atoms with Crippen LogP contribution in [0.1, 0.15) is 59.8 Å². The van der Waals surface area contributed by atoms with E-state index in [1.807, 2.05) is 6.92 Å². The molecule has 0 aliphatic heterocycles. The van der Waals surface area contributed by atoms with Crippen LogP contribution in [-0.2, 0) is 0 Å². The Balaban J connectivity index is 3.76. The van der Waals surface area contributed by atoms with Crippen LogP contribution in [0.3, 0.4) is 0 Å². The average Bonchev–Trinajstić information content (AvgIpc) is 2.12. The zero-order valence-electron chi connectivity index (χ0n) is 10.3. The summed E-state index contributed by atoms with van der Waals surface area (Å²) in [5.74, 6) is 0. The van der Waals surface area contributed by atoms with E-state index in [4.69, 9.17) is 0 Å². The zero-order chi connectivity index (χ0) is 11.0. The molecular formula is C12H27NO. The van der Waals surface area contributed by atoms with Crippen LogP contribution in [0, 0.1) is 0 Å². The van der Waals surface area contributed by atoms with Crippen LogP contribution in [0.2, 0.25) is 0 Å². The lowest BCUT2D eigenvalue weighted by atomic mass is 9.99. The molecule has 2 N–H and O–H groups in total. The fourth-order valence-electron chi connectivity index (χ4n) is 1.79. The molecule has 0 aliphatic carbocycles. The molecule has 2 unspecified atom stereocenters. The highest BCUT2D eigenvalue weighted by molar-refractivity contribution is 4.77. The van der Waals surface area contributed by atoms with Gasteiger partial charge in [0.05, 0.1) is 5.60 Å². The average molecular weight is 201 g/mol. The Morgan fingerprint density at radius 1 is 1.21 bits per heavy atom. The van der Waals surface area contributed by atoms with Gasteiger partial charge in [0.1, 0.15) is 0 Å². The van der Waals surface area contributed by atoms with Crippen LogP contribution in [-0.4, -0.2) is 23.3 Å². The van der Waals surface area contributed by atoms with Gasteiger partial charge in [0.15, 0.2) is 0 Å². The summed E-state index contributed by atoms with van der Waals surface area (Å²) in [6.07, 6.45) is 5.48. The molecule has 0 aliphatic rings. The summed E-state index contributed by atoms with van der Waals surface area (Å²) in [5.41, 5.74) is -0.532. The van der Waals surface area contributed by atoms with Gasteiger partial charge in [-0.15, -0.1) is 0 Å². The van der Waals surface area contributed by atoms with Gasteiger partial charge in [-0.3, -0.25) is 0 Å². The fourth-order valence-corrected chi connectivity index (χ4v) is 1.79. The summed E-state index contributed by atoms with van der Waals surface area (Å²) in [5, 5.41) is 13.4. The second-order valence-corrected chi connectivity index (χ2v) is 4.52. The molecule has 0 bridgehead atoms. The molecule has 2 atom stereocenters. The van der Waals surface area contributed by atoms with E-state index in [2.05, 4.69) is 26.1 Å². The SMILES string of the molecule is CCCC(CC)NCC(C)(O)CCC. The van der Waals surface area contributed by atoms with Crippen LogP contribution >= 0.6 is 0 Å². The predicted octanol–water partition coefficient (Wildman–Crippen LogP) is 2.71.